The Hall–Kier alpha value is -0.910. The summed E-state index contributed by atoms with van der Waals surface area (Å²) in [6.45, 7) is 8.00. The Morgan fingerprint density at radius 1 is 1.10 bits per heavy atom. The third-order valence-corrected chi connectivity index (χ3v) is 2.79. The predicted molar refractivity (Wildman–Crippen MR) is 84.7 cm³/mol. The van der Waals surface area contributed by atoms with E-state index in [2.05, 4.69) is 15.9 Å². The van der Waals surface area contributed by atoms with Crippen molar-refractivity contribution in [2.75, 3.05) is 0 Å². The molecule has 0 aromatic heterocycles. The average molecular weight is 349 g/mol. The zero-order valence-electron chi connectivity index (χ0n) is 12.5. The monoisotopic (exact) mass is 348 g/mol. The van der Waals surface area contributed by atoms with Crippen molar-refractivity contribution in [1.29, 1.82) is 0 Å². The highest BCUT2D eigenvalue weighted by atomic mass is 79.9. The minimum atomic E-state index is -1.49. The van der Waals surface area contributed by atoms with Gasteiger partial charge in [-0.3, -0.25) is 4.79 Å². The van der Waals surface area contributed by atoms with Crippen LogP contribution in [0.15, 0.2) is 28.7 Å². The van der Waals surface area contributed by atoms with Crippen LogP contribution in [0.1, 0.15) is 52.0 Å². The first kappa shape index (κ1) is 21.4. The first-order valence-corrected chi connectivity index (χ1v) is 7.61. The van der Waals surface area contributed by atoms with Gasteiger partial charge in [-0.25, -0.2) is 0 Å². The number of halogens is 1. The van der Waals surface area contributed by atoms with E-state index < -0.39 is 12.3 Å². The summed E-state index contributed by atoms with van der Waals surface area (Å²) >= 11 is 3.28. The van der Waals surface area contributed by atoms with Gasteiger partial charge in [-0.1, -0.05) is 55.8 Å². The van der Waals surface area contributed by atoms with Crippen LogP contribution in [0.5, 0.6) is 0 Å². The van der Waals surface area contributed by atoms with Crippen molar-refractivity contribution in [2.24, 2.45) is 0 Å². The fourth-order valence-corrected chi connectivity index (χ4v) is 1.80. The number of carbonyl (C=O) groups is 1. The molecule has 4 nitrogen and oxygen atoms in total. The van der Waals surface area contributed by atoms with Gasteiger partial charge in [0.2, 0.25) is 0 Å². The summed E-state index contributed by atoms with van der Waals surface area (Å²) in [6.07, 6.45) is -1.58. The highest BCUT2D eigenvalue weighted by Gasteiger charge is 2.18. The molecule has 1 unspecified atom stereocenters. The Labute approximate surface area is 129 Å². The second-order valence-electron chi connectivity index (χ2n) is 3.56. The van der Waals surface area contributed by atoms with Crippen LogP contribution < -0.4 is 0 Å². The van der Waals surface area contributed by atoms with Gasteiger partial charge in [0.1, 0.15) is 0 Å². The number of rotatable bonds is 5. The number of aliphatic carboxylic acids is 1. The van der Waals surface area contributed by atoms with Crippen LogP contribution >= 0.6 is 15.9 Å². The summed E-state index contributed by atoms with van der Waals surface area (Å²) in [5.74, 6) is -1.33. The fraction of sp³-hybridized carbons (Fsp3) is 0.533. The van der Waals surface area contributed by atoms with Gasteiger partial charge >= 0.3 is 5.97 Å². The SMILES string of the molecule is CC.CC.O=C(O)CC(CC(O)O)c1ccc(Br)cc1. The number of carboxylic acids is 1. The van der Waals surface area contributed by atoms with Crippen LogP contribution in [-0.4, -0.2) is 27.6 Å². The normalized spacial score (nSPS) is 10.8. The number of benzene rings is 1. The standard InChI is InChI=1S/C11H13BrO4.2C2H6/c12-9-3-1-7(2-4-9)8(5-10(13)14)6-11(15)16;2*1-2/h1-4,8,10,13-14H,5-6H2,(H,15,16);2*1-2H3. The molecule has 0 heterocycles. The van der Waals surface area contributed by atoms with Crippen molar-refractivity contribution >= 4 is 21.9 Å². The lowest BCUT2D eigenvalue weighted by molar-refractivity contribution is -0.138. The van der Waals surface area contributed by atoms with Crippen molar-refractivity contribution in [2.45, 2.75) is 52.7 Å². The molecule has 1 aromatic carbocycles. The molecular weight excluding hydrogens is 324 g/mol. The molecule has 0 aliphatic carbocycles. The van der Waals surface area contributed by atoms with Gasteiger partial charge in [0.25, 0.3) is 0 Å². The minimum absolute atomic E-state index is 0.0218. The molecule has 0 fully saturated rings. The Balaban J connectivity index is 0. The zero-order chi connectivity index (χ0) is 16.1. The van der Waals surface area contributed by atoms with Crippen molar-refractivity contribution < 1.29 is 20.1 Å². The smallest absolute Gasteiger partial charge is 0.303 e. The highest BCUT2D eigenvalue weighted by Crippen LogP contribution is 2.26. The van der Waals surface area contributed by atoms with E-state index in [1.165, 1.54) is 0 Å². The zero-order valence-corrected chi connectivity index (χ0v) is 14.1. The second-order valence-corrected chi connectivity index (χ2v) is 4.48. The summed E-state index contributed by atoms with van der Waals surface area (Å²) in [7, 11) is 0. The number of hydrogen-bond donors (Lipinski definition) is 3. The van der Waals surface area contributed by atoms with Gasteiger partial charge in [-0.05, 0) is 23.6 Å². The maximum absolute atomic E-state index is 10.7. The molecule has 0 aliphatic rings. The molecule has 5 heteroatoms. The molecule has 0 amide bonds. The van der Waals surface area contributed by atoms with E-state index >= 15 is 0 Å². The molecule has 3 N–H and O–H groups in total. The number of hydrogen-bond acceptors (Lipinski definition) is 3. The molecule has 0 saturated carbocycles. The van der Waals surface area contributed by atoms with Gasteiger partial charge in [-0.15, -0.1) is 0 Å². The van der Waals surface area contributed by atoms with E-state index in [1.807, 2.05) is 27.7 Å². The molecule has 0 spiro atoms. The van der Waals surface area contributed by atoms with E-state index in [0.717, 1.165) is 10.0 Å². The molecule has 0 bridgehead atoms. The molecule has 0 saturated heterocycles. The van der Waals surface area contributed by atoms with Crippen LogP contribution in [0, 0.1) is 0 Å². The van der Waals surface area contributed by atoms with Crippen LogP contribution in [0.25, 0.3) is 0 Å². The summed E-state index contributed by atoms with van der Waals surface area (Å²) in [6, 6.07) is 7.15. The predicted octanol–water partition coefficient (Wildman–Crippen LogP) is 3.76. The van der Waals surface area contributed by atoms with Gasteiger partial charge in [0.15, 0.2) is 6.29 Å². The summed E-state index contributed by atoms with van der Waals surface area (Å²) in [5, 5.41) is 26.6. The van der Waals surface area contributed by atoms with Crippen LogP contribution in [-0.2, 0) is 4.79 Å². The molecular formula is C15H25BrO4. The maximum atomic E-state index is 10.7. The van der Waals surface area contributed by atoms with Crippen molar-refractivity contribution in [3.63, 3.8) is 0 Å². The third kappa shape index (κ3) is 9.95. The van der Waals surface area contributed by atoms with E-state index in [9.17, 15) is 4.79 Å². The van der Waals surface area contributed by atoms with Crippen molar-refractivity contribution in [3.8, 4) is 0 Å². The molecule has 1 aromatic rings. The molecule has 0 radical (unpaired) electrons. The number of aliphatic hydroxyl groups is 2. The van der Waals surface area contributed by atoms with E-state index in [4.69, 9.17) is 15.3 Å². The summed E-state index contributed by atoms with van der Waals surface area (Å²) < 4.78 is 0.898. The largest absolute Gasteiger partial charge is 0.481 e. The second kappa shape index (κ2) is 13.1. The van der Waals surface area contributed by atoms with Crippen LogP contribution in [0.2, 0.25) is 0 Å². The fourth-order valence-electron chi connectivity index (χ4n) is 1.54. The molecule has 20 heavy (non-hydrogen) atoms. The summed E-state index contributed by atoms with van der Waals surface area (Å²) in [5.41, 5.74) is 0.790. The van der Waals surface area contributed by atoms with Crippen LogP contribution in [0.3, 0.4) is 0 Å². The maximum Gasteiger partial charge on any atom is 0.303 e. The Morgan fingerprint density at radius 3 is 1.90 bits per heavy atom. The Bertz CT molecular complexity index is 349. The lowest BCUT2D eigenvalue weighted by atomic mass is 9.92. The van der Waals surface area contributed by atoms with Gasteiger partial charge < -0.3 is 15.3 Å². The third-order valence-electron chi connectivity index (χ3n) is 2.26. The van der Waals surface area contributed by atoms with Crippen molar-refractivity contribution in [1.82, 2.24) is 0 Å². The molecule has 1 rings (SSSR count). The number of carboxylic acid groups (broad SMARTS) is 1. The van der Waals surface area contributed by atoms with E-state index in [1.54, 1.807) is 24.3 Å². The Morgan fingerprint density at radius 2 is 1.55 bits per heavy atom. The quantitative estimate of drug-likeness (QED) is 0.708. The highest BCUT2D eigenvalue weighted by molar-refractivity contribution is 9.10. The van der Waals surface area contributed by atoms with Gasteiger partial charge in [0, 0.05) is 10.9 Å². The minimum Gasteiger partial charge on any atom is -0.481 e. The molecule has 0 aliphatic heterocycles. The average Bonchev–Trinajstić information content (AvgIpc) is 2.42. The lowest BCUT2D eigenvalue weighted by Gasteiger charge is -2.16. The topological polar surface area (TPSA) is 77.8 Å². The Kier molecular flexibility index (Phi) is 14.0. The van der Waals surface area contributed by atoms with E-state index in [0.29, 0.717) is 0 Å². The number of aliphatic hydroxyl groups excluding tert-OH is 1. The summed E-state index contributed by atoms with van der Waals surface area (Å²) in [4.78, 5) is 10.7. The van der Waals surface area contributed by atoms with Crippen molar-refractivity contribution in [3.05, 3.63) is 34.3 Å². The van der Waals surface area contributed by atoms with Gasteiger partial charge in [0.05, 0.1) is 6.42 Å². The first-order chi connectivity index (χ1) is 9.49. The van der Waals surface area contributed by atoms with Gasteiger partial charge in [-0.2, -0.15) is 0 Å². The molecule has 1 atom stereocenters. The lowest BCUT2D eigenvalue weighted by Crippen LogP contribution is -2.14. The molecule has 116 valence electrons. The van der Waals surface area contributed by atoms with E-state index in [-0.39, 0.29) is 18.8 Å². The first-order valence-electron chi connectivity index (χ1n) is 6.82. The van der Waals surface area contributed by atoms with Crippen LogP contribution in [0.4, 0.5) is 0 Å².